The molecule has 0 aliphatic rings. The number of nitrogens with one attached hydrogen (secondary N) is 1. The van der Waals surface area contributed by atoms with Crippen LogP contribution in [0.2, 0.25) is 0 Å². The fraction of sp³-hybridized carbons (Fsp3) is 0. The topological polar surface area (TPSA) is 86.2 Å². The number of phenolic OH excluding ortho intramolecular Hbond substituents is 2. The summed E-state index contributed by atoms with van der Waals surface area (Å²) in [6.07, 6.45) is 0. The van der Waals surface area contributed by atoms with E-state index in [0.29, 0.717) is 11.4 Å². The molecule has 0 atom stereocenters. The highest BCUT2D eigenvalue weighted by molar-refractivity contribution is 6.08. The number of rotatable bonds is 3. The minimum Gasteiger partial charge on any atom is -0.504 e. The van der Waals surface area contributed by atoms with Gasteiger partial charge in [-0.2, -0.15) is 5.10 Å². The molecule has 0 amide bonds. The maximum atomic E-state index is 12.3. The van der Waals surface area contributed by atoms with E-state index in [1.54, 1.807) is 6.07 Å². The first kappa shape index (κ1) is 12.9. The molecule has 3 aromatic rings. The average molecular weight is 280 g/mol. The van der Waals surface area contributed by atoms with Crippen molar-refractivity contribution in [1.29, 1.82) is 0 Å². The summed E-state index contributed by atoms with van der Waals surface area (Å²) in [6.45, 7) is 0. The van der Waals surface area contributed by atoms with Crippen molar-refractivity contribution < 1.29 is 15.0 Å². The number of benzene rings is 2. The van der Waals surface area contributed by atoms with Crippen molar-refractivity contribution in [2.24, 2.45) is 0 Å². The van der Waals surface area contributed by atoms with Gasteiger partial charge in [0.05, 0.1) is 5.69 Å². The van der Waals surface area contributed by atoms with Crippen molar-refractivity contribution in [3.05, 3.63) is 65.9 Å². The lowest BCUT2D eigenvalue weighted by molar-refractivity contribution is 0.103. The first-order valence-corrected chi connectivity index (χ1v) is 6.32. The molecule has 1 aromatic heterocycles. The van der Waals surface area contributed by atoms with Gasteiger partial charge in [0.25, 0.3) is 0 Å². The van der Waals surface area contributed by atoms with Crippen LogP contribution in [0.3, 0.4) is 0 Å². The molecule has 0 fully saturated rings. The maximum Gasteiger partial charge on any atom is 0.210 e. The zero-order valence-electron chi connectivity index (χ0n) is 10.9. The van der Waals surface area contributed by atoms with E-state index < -0.39 is 0 Å². The van der Waals surface area contributed by atoms with Crippen molar-refractivity contribution in [3.8, 4) is 22.8 Å². The summed E-state index contributed by atoms with van der Waals surface area (Å²) in [6, 6.07) is 15.1. The summed E-state index contributed by atoms with van der Waals surface area (Å²) < 4.78 is 0. The summed E-state index contributed by atoms with van der Waals surface area (Å²) in [7, 11) is 0. The zero-order valence-corrected chi connectivity index (χ0v) is 10.9. The Bertz CT molecular complexity index is 794. The molecule has 0 saturated carbocycles. The summed E-state index contributed by atoms with van der Waals surface area (Å²) in [5.74, 6) is -0.898. The predicted molar refractivity (Wildman–Crippen MR) is 77.2 cm³/mol. The van der Waals surface area contributed by atoms with E-state index in [1.807, 2.05) is 30.3 Å². The first-order chi connectivity index (χ1) is 10.1. The second-order valence-corrected chi connectivity index (χ2v) is 4.57. The molecule has 5 heteroatoms. The van der Waals surface area contributed by atoms with Gasteiger partial charge in [-0.25, -0.2) is 0 Å². The molecule has 21 heavy (non-hydrogen) atoms. The highest BCUT2D eigenvalue weighted by Crippen LogP contribution is 2.26. The number of aromatic amines is 1. The summed E-state index contributed by atoms with van der Waals surface area (Å²) >= 11 is 0. The van der Waals surface area contributed by atoms with Crippen LogP contribution < -0.4 is 0 Å². The van der Waals surface area contributed by atoms with Crippen LogP contribution in [-0.4, -0.2) is 26.2 Å². The molecule has 0 saturated heterocycles. The Hall–Kier alpha value is -3.08. The number of aromatic hydroxyl groups is 2. The molecule has 0 unspecified atom stereocenters. The van der Waals surface area contributed by atoms with Gasteiger partial charge in [-0.3, -0.25) is 9.89 Å². The Kier molecular flexibility index (Phi) is 3.16. The molecule has 2 aromatic carbocycles. The largest absolute Gasteiger partial charge is 0.504 e. The van der Waals surface area contributed by atoms with E-state index in [9.17, 15) is 15.0 Å². The summed E-state index contributed by atoms with van der Waals surface area (Å²) in [4.78, 5) is 12.3. The van der Waals surface area contributed by atoms with Crippen molar-refractivity contribution in [2.75, 3.05) is 0 Å². The minimum absolute atomic E-state index is 0.263. The Labute approximate surface area is 120 Å². The summed E-state index contributed by atoms with van der Waals surface area (Å²) in [5, 5.41) is 25.5. The lowest BCUT2D eigenvalue weighted by Gasteiger charge is -2.00. The van der Waals surface area contributed by atoms with Crippen molar-refractivity contribution in [2.45, 2.75) is 0 Å². The van der Waals surface area contributed by atoms with Crippen molar-refractivity contribution >= 4 is 5.78 Å². The Morgan fingerprint density at radius 1 is 0.952 bits per heavy atom. The highest BCUT2D eigenvalue weighted by Gasteiger charge is 2.14. The van der Waals surface area contributed by atoms with Gasteiger partial charge in [0.1, 0.15) is 5.69 Å². The molecule has 5 nitrogen and oxygen atoms in total. The third-order valence-corrected chi connectivity index (χ3v) is 3.13. The molecule has 104 valence electrons. The molecular formula is C16H12N2O3. The Balaban J connectivity index is 1.92. The van der Waals surface area contributed by atoms with E-state index in [2.05, 4.69) is 10.2 Å². The summed E-state index contributed by atoms with van der Waals surface area (Å²) in [5.41, 5.74) is 2.16. The Morgan fingerprint density at radius 2 is 1.71 bits per heavy atom. The molecule has 0 aliphatic carbocycles. The highest BCUT2D eigenvalue weighted by atomic mass is 16.3. The van der Waals surface area contributed by atoms with E-state index >= 15 is 0 Å². The number of nitrogens with zero attached hydrogens (tertiary/aromatic N) is 1. The fourth-order valence-electron chi connectivity index (χ4n) is 2.02. The van der Waals surface area contributed by atoms with Crippen LogP contribution in [0, 0.1) is 0 Å². The normalized spacial score (nSPS) is 10.5. The first-order valence-electron chi connectivity index (χ1n) is 6.32. The lowest BCUT2D eigenvalue weighted by atomic mass is 10.1. The quantitative estimate of drug-likeness (QED) is 0.508. The van der Waals surface area contributed by atoms with Crippen LogP contribution in [0.15, 0.2) is 54.6 Å². The van der Waals surface area contributed by atoms with Crippen LogP contribution in [0.1, 0.15) is 16.1 Å². The fourth-order valence-corrected chi connectivity index (χ4v) is 2.02. The molecule has 1 heterocycles. The van der Waals surface area contributed by atoms with Gasteiger partial charge in [-0.05, 0) is 24.3 Å². The molecular weight excluding hydrogens is 268 g/mol. The van der Waals surface area contributed by atoms with Gasteiger partial charge in [-0.15, -0.1) is 0 Å². The van der Waals surface area contributed by atoms with Crippen LogP contribution >= 0.6 is 0 Å². The maximum absolute atomic E-state index is 12.3. The number of aromatic nitrogens is 2. The number of hydrogen-bond acceptors (Lipinski definition) is 4. The third kappa shape index (κ3) is 2.49. The number of hydrogen-bond donors (Lipinski definition) is 3. The SMILES string of the molecule is O=C(c1ccc(O)c(O)c1)c1cc(-c2ccccc2)n[nH]1. The smallest absolute Gasteiger partial charge is 0.210 e. The molecule has 0 aliphatic heterocycles. The number of carbonyl (C=O) groups is 1. The minimum atomic E-state index is -0.330. The third-order valence-electron chi connectivity index (χ3n) is 3.13. The van der Waals surface area contributed by atoms with Gasteiger partial charge < -0.3 is 10.2 Å². The number of H-pyrrole nitrogens is 1. The molecule has 3 N–H and O–H groups in total. The van der Waals surface area contributed by atoms with Gasteiger partial charge in [0.2, 0.25) is 5.78 Å². The average Bonchev–Trinajstić information content (AvgIpc) is 3.00. The number of phenols is 2. The Morgan fingerprint density at radius 3 is 2.43 bits per heavy atom. The zero-order chi connectivity index (χ0) is 14.8. The van der Waals surface area contributed by atoms with Crippen LogP contribution in [0.5, 0.6) is 11.5 Å². The van der Waals surface area contributed by atoms with Crippen LogP contribution in [0.25, 0.3) is 11.3 Å². The molecule has 0 spiro atoms. The second kappa shape index (κ2) is 5.13. The molecule has 3 rings (SSSR count). The van der Waals surface area contributed by atoms with Crippen molar-refractivity contribution in [3.63, 3.8) is 0 Å². The van der Waals surface area contributed by atoms with Gasteiger partial charge in [-0.1, -0.05) is 30.3 Å². The molecule has 0 bridgehead atoms. The number of ketones is 1. The standard InChI is InChI=1S/C16H12N2O3/c19-14-7-6-11(8-15(14)20)16(21)13-9-12(17-18-13)10-4-2-1-3-5-10/h1-9,19-20H,(H,17,18). The van der Waals surface area contributed by atoms with Crippen LogP contribution in [-0.2, 0) is 0 Å². The van der Waals surface area contributed by atoms with Gasteiger partial charge in [0.15, 0.2) is 11.5 Å². The molecule has 0 radical (unpaired) electrons. The van der Waals surface area contributed by atoms with E-state index in [-0.39, 0.29) is 22.8 Å². The number of carbonyl (C=O) groups excluding carboxylic acids is 1. The van der Waals surface area contributed by atoms with Gasteiger partial charge in [0, 0.05) is 11.1 Å². The predicted octanol–water partition coefficient (Wildman–Crippen LogP) is 2.72. The second-order valence-electron chi connectivity index (χ2n) is 4.57. The monoisotopic (exact) mass is 280 g/mol. The van der Waals surface area contributed by atoms with E-state index in [0.717, 1.165) is 5.56 Å². The van der Waals surface area contributed by atoms with Gasteiger partial charge >= 0.3 is 0 Å². The van der Waals surface area contributed by atoms with Crippen molar-refractivity contribution in [1.82, 2.24) is 10.2 Å². The van der Waals surface area contributed by atoms with E-state index in [4.69, 9.17) is 0 Å². The lowest BCUT2D eigenvalue weighted by Crippen LogP contribution is -2.01. The van der Waals surface area contributed by atoms with Crippen LogP contribution in [0.4, 0.5) is 0 Å². The van der Waals surface area contributed by atoms with E-state index in [1.165, 1.54) is 18.2 Å².